The van der Waals surface area contributed by atoms with E-state index in [-0.39, 0.29) is 43.6 Å². The van der Waals surface area contributed by atoms with Crippen molar-refractivity contribution >= 4 is 94.6 Å². The molecule has 8 atom stereocenters. The van der Waals surface area contributed by atoms with Gasteiger partial charge in [0, 0.05) is 25.0 Å². The number of primary amides is 2. The molecule has 1 aliphatic heterocycles. The number of carbonyl (C=O) groups excluding carboxylic acids is 12. The van der Waals surface area contributed by atoms with E-state index in [9.17, 15) is 87.5 Å². The van der Waals surface area contributed by atoms with Crippen molar-refractivity contribution < 1.29 is 87.5 Å². The summed E-state index contributed by atoms with van der Waals surface area (Å²) in [6, 6.07) is -1.61. The number of amides is 12. The van der Waals surface area contributed by atoms with Crippen LogP contribution >= 0.6 is 11.8 Å². The first-order valence-electron chi connectivity index (χ1n) is 30.6. The summed E-state index contributed by atoms with van der Waals surface area (Å²) in [5.74, 6) is -20.9. The molecule has 0 bridgehead atoms. The number of hydrogen-bond donors (Lipinski definition) is 16. The molecule has 1 saturated heterocycles. The van der Waals surface area contributed by atoms with Crippen molar-refractivity contribution in [1.82, 2.24) is 53.2 Å². The molecule has 31 heteroatoms. The van der Waals surface area contributed by atoms with E-state index in [1.807, 2.05) is 0 Å². The topological polar surface area (TPSA) is 492 Å². The number of carboxylic acid groups (broad SMARTS) is 2. The molecule has 3 aliphatic rings. The molecule has 2 saturated carbocycles. The third kappa shape index (κ3) is 22.7. The van der Waals surface area contributed by atoms with Gasteiger partial charge in [-0.1, -0.05) is 90.5 Å². The molecular formula is C61H86N12O18S. The van der Waals surface area contributed by atoms with E-state index >= 15 is 0 Å². The average Bonchev–Trinajstić information content (AvgIpc) is 1.49. The van der Waals surface area contributed by atoms with Crippen LogP contribution < -0.4 is 64.6 Å². The van der Waals surface area contributed by atoms with Crippen LogP contribution in [0.2, 0.25) is 0 Å². The van der Waals surface area contributed by atoms with Gasteiger partial charge in [-0.15, -0.1) is 11.8 Å². The molecule has 3 fully saturated rings. The Bertz CT molecular complexity index is 3000. The van der Waals surface area contributed by atoms with Crippen LogP contribution in [0.15, 0.2) is 48.5 Å². The minimum atomic E-state index is -2.29. The Kier molecular flexibility index (Phi) is 28.0. The Morgan fingerprint density at radius 1 is 0.554 bits per heavy atom. The molecular weight excluding hydrogens is 1220 g/mol. The third-order valence-electron chi connectivity index (χ3n) is 16.2. The number of nitrogens with one attached hydrogen (secondary N) is 10. The summed E-state index contributed by atoms with van der Waals surface area (Å²) in [7, 11) is 0. The van der Waals surface area contributed by atoms with Crippen LogP contribution in [0, 0.1) is 23.7 Å². The zero-order chi connectivity index (χ0) is 68.0. The van der Waals surface area contributed by atoms with Gasteiger partial charge in [0.05, 0.1) is 18.7 Å². The van der Waals surface area contributed by atoms with Gasteiger partial charge in [0.2, 0.25) is 70.9 Å². The smallest absolute Gasteiger partial charge is 0.317 e. The van der Waals surface area contributed by atoms with Crippen molar-refractivity contribution in [2.75, 3.05) is 18.1 Å². The Labute approximate surface area is 535 Å². The Hall–Kier alpha value is -9.03. The second-order valence-corrected chi connectivity index (χ2v) is 25.4. The van der Waals surface area contributed by atoms with Gasteiger partial charge in [0.25, 0.3) is 0 Å². The fourth-order valence-electron chi connectivity index (χ4n) is 11.2. The Morgan fingerprint density at radius 3 is 1.58 bits per heavy atom. The number of carbonyl (C=O) groups is 14. The van der Waals surface area contributed by atoms with Gasteiger partial charge >= 0.3 is 11.9 Å². The standard InChI is InChI=1S/C61H86N12O18S/c1-31(2)23-39-51(80)67-41(25-34-15-19-37(75)20-16-34)55(84)73-61(21-9-6-10-22-61)60(91)70-43(27-45(62)76)54(83)72-48(32(3)4)56(85)64-28-46(77)71-49(35-11-7-5-8-12-35)57(86)68-40(24-33-13-17-36(74)18-14-33)52(81)69-44(50(63)79)29-92-30-47(78)65-42(53(82)66-39)26-38(58(87)88)59(89)90/h13-20,31-32,35,38-44,48-49,74-75H,5-12,21-30H2,1-4H3,(H2,62,76)(H2,63,79)(H,64,85)(H,65,78)(H,66,82)(H,67,80)(H,68,86)(H,69,81)(H,70,91)(H,71,77)(H,72,83)(H,73,84)(H,87,88)(H,89,90)/t39-,40+,41+,42+,43+,44+,48-,49-/m1/s1. The lowest BCUT2D eigenvalue weighted by atomic mass is 9.80. The van der Waals surface area contributed by atoms with Crippen LogP contribution in [0.5, 0.6) is 11.5 Å². The molecule has 0 radical (unpaired) electrons. The van der Waals surface area contributed by atoms with Crippen molar-refractivity contribution in [2.24, 2.45) is 35.1 Å². The largest absolute Gasteiger partial charge is 0.508 e. The van der Waals surface area contributed by atoms with Gasteiger partial charge < -0.3 is 85.1 Å². The highest BCUT2D eigenvalue weighted by Crippen LogP contribution is 2.30. The summed E-state index contributed by atoms with van der Waals surface area (Å²) in [6.07, 6.45) is 1.80. The second-order valence-electron chi connectivity index (χ2n) is 24.3. The summed E-state index contributed by atoms with van der Waals surface area (Å²) in [5, 5.41) is 65.5. The number of phenols is 2. The van der Waals surface area contributed by atoms with Crippen LogP contribution in [-0.4, -0.2) is 175 Å². The maximum Gasteiger partial charge on any atom is 0.317 e. The van der Waals surface area contributed by atoms with Gasteiger partial charge in [0.15, 0.2) is 5.92 Å². The Balaban J connectivity index is 1.58. The number of benzene rings is 2. The second kappa shape index (κ2) is 35.0. The fourth-order valence-corrected chi connectivity index (χ4v) is 12.0. The molecule has 18 N–H and O–H groups in total. The normalized spacial score (nSPS) is 24.7. The first-order valence-corrected chi connectivity index (χ1v) is 31.8. The van der Waals surface area contributed by atoms with E-state index in [1.165, 1.54) is 48.5 Å². The van der Waals surface area contributed by atoms with Gasteiger partial charge in [-0.25, -0.2) is 0 Å². The van der Waals surface area contributed by atoms with Gasteiger partial charge in [-0.3, -0.25) is 67.1 Å². The summed E-state index contributed by atoms with van der Waals surface area (Å²) in [5.41, 5.74) is 10.3. The molecule has 2 aromatic carbocycles. The van der Waals surface area contributed by atoms with Crippen molar-refractivity contribution in [3.63, 3.8) is 0 Å². The minimum Gasteiger partial charge on any atom is -0.508 e. The van der Waals surface area contributed by atoms with E-state index in [0.29, 0.717) is 67.8 Å². The van der Waals surface area contributed by atoms with Gasteiger partial charge in [0.1, 0.15) is 65.4 Å². The predicted octanol–water partition coefficient (Wildman–Crippen LogP) is -1.74. The number of phenolic OH excluding ortho intramolecular Hbond substituents is 2. The van der Waals surface area contributed by atoms with E-state index in [1.54, 1.807) is 27.7 Å². The molecule has 0 aromatic heterocycles. The van der Waals surface area contributed by atoms with E-state index in [0.717, 1.165) is 6.42 Å². The molecule has 30 nitrogen and oxygen atoms in total. The minimum absolute atomic E-state index is 0.0236. The van der Waals surface area contributed by atoms with Crippen LogP contribution in [0.4, 0.5) is 0 Å². The van der Waals surface area contributed by atoms with Crippen LogP contribution in [0.25, 0.3) is 0 Å². The molecule has 1 heterocycles. The lowest BCUT2D eigenvalue weighted by Crippen LogP contribution is -2.66. The number of carboxylic acids is 2. The zero-order valence-corrected chi connectivity index (χ0v) is 52.7. The van der Waals surface area contributed by atoms with Gasteiger partial charge in [-0.05, 0) is 85.3 Å². The number of hydrogen-bond acceptors (Lipinski definition) is 17. The SMILES string of the molecule is CC(C)C[C@H]1NC(=O)[C@H](CC(C(=O)O)C(=O)O)NC(=O)CSC[C@@H](C(N)=O)NC(=O)[C@H](Cc2ccc(O)cc2)NC(=O)[C@@H](C2CCCCC2)NC(=O)CNC(=O)[C@@H](C(C)C)NC(=O)[C@H](CC(N)=O)NC(=O)C2(CCCCC2)NC(=O)[C@H](Cc2ccc(O)cc2)NC1=O. The lowest BCUT2D eigenvalue weighted by Gasteiger charge is -2.39. The molecule has 0 unspecified atom stereocenters. The fraction of sp³-hybridized carbons (Fsp3) is 0.574. The molecule has 5 rings (SSSR count). The zero-order valence-electron chi connectivity index (χ0n) is 51.8. The summed E-state index contributed by atoms with van der Waals surface area (Å²) < 4.78 is 0. The number of aliphatic carboxylic acids is 2. The highest BCUT2D eigenvalue weighted by molar-refractivity contribution is 8.00. The third-order valence-corrected chi connectivity index (χ3v) is 17.2. The molecule has 1 spiro atoms. The van der Waals surface area contributed by atoms with E-state index < -0.39 is 191 Å². The number of nitrogens with two attached hydrogens (primary N) is 2. The molecule has 92 heavy (non-hydrogen) atoms. The maximum atomic E-state index is 14.9. The molecule has 504 valence electrons. The summed E-state index contributed by atoms with van der Waals surface area (Å²) >= 11 is 0.692. The van der Waals surface area contributed by atoms with E-state index in [2.05, 4.69) is 53.2 Å². The first kappa shape index (κ1) is 73.7. The average molecular weight is 1310 g/mol. The summed E-state index contributed by atoms with van der Waals surface area (Å²) in [4.78, 5) is 194. The molecule has 2 aliphatic carbocycles. The van der Waals surface area contributed by atoms with Crippen molar-refractivity contribution in [1.29, 1.82) is 0 Å². The number of thioether (sulfide) groups is 1. The molecule has 12 amide bonds. The lowest BCUT2D eigenvalue weighted by molar-refractivity contribution is -0.155. The van der Waals surface area contributed by atoms with Crippen molar-refractivity contribution in [2.45, 2.75) is 178 Å². The monoisotopic (exact) mass is 1310 g/mol. The van der Waals surface area contributed by atoms with Crippen LogP contribution in [0.3, 0.4) is 0 Å². The van der Waals surface area contributed by atoms with Crippen LogP contribution in [0.1, 0.15) is 122 Å². The number of rotatable bonds is 15. The highest BCUT2D eigenvalue weighted by Gasteiger charge is 2.45. The highest BCUT2D eigenvalue weighted by atomic mass is 32.2. The quantitative estimate of drug-likeness (QED) is 0.0881. The summed E-state index contributed by atoms with van der Waals surface area (Å²) in [6.45, 7) is 5.73. The Morgan fingerprint density at radius 2 is 1.05 bits per heavy atom. The van der Waals surface area contributed by atoms with Crippen molar-refractivity contribution in [3.8, 4) is 11.5 Å². The molecule has 2 aromatic rings. The first-order chi connectivity index (χ1) is 43.4. The maximum absolute atomic E-state index is 14.9. The van der Waals surface area contributed by atoms with Crippen molar-refractivity contribution in [3.05, 3.63) is 59.7 Å². The number of aromatic hydroxyl groups is 2. The van der Waals surface area contributed by atoms with E-state index in [4.69, 9.17) is 11.5 Å². The van der Waals surface area contributed by atoms with Gasteiger partial charge in [-0.2, -0.15) is 0 Å². The predicted molar refractivity (Wildman–Crippen MR) is 331 cm³/mol. The van der Waals surface area contributed by atoms with Crippen LogP contribution in [-0.2, 0) is 80.0 Å².